The maximum Gasteiger partial charge on any atom is 0.231 e. The molecule has 0 amide bonds. The van der Waals surface area contributed by atoms with E-state index in [1.807, 2.05) is 12.1 Å². The number of nitrogens with zero attached hydrogens (tertiary/aromatic N) is 4. The van der Waals surface area contributed by atoms with Crippen LogP contribution >= 0.6 is 11.6 Å². The predicted molar refractivity (Wildman–Crippen MR) is 89.3 cm³/mol. The van der Waals surface area contributed by atoms with E-state index in [0.29, 0.717) is 11.4 Å². The summed E-state index contributed by atoms with van der Waals surface area (Å²) in [4.78, 5) is 14.2. The fourth-order valence-electron chi connectivity index (χ4n) is 3.29. The normalized spacial score (nSPS) is 19.4. The molecule has 0 bridgehead atoms. The van der Waals surface area contributed by atoms with Gasteiger partial charge in [0.15, 0.2) is 0 Å². The Hall–Kier alpha value is -1.92. The molecule has 1 spiro atoms. The molecular formula is C16H18ClN5O. The van der Waals surface area contributed by atoms with Crippen molar-refractivity contribution in [1.82, 2.24) is 15.0 Å². The number of anilines is 3. The Bertz CT molecular complexity index is 679. The molecule has 0 aliphatic carbocycles. The monoisotopic (exact) mass is 331 g/mol. The van der Waals surface area contributed by atoms with Crippen molar-refractivity contribution in [3.05, 3.63) is 35.9 Å². The van der Waals surface area contributed by atoms with Gasteiger partial charge in [-0.2, -0.15) is 4.98 Å². The lowest BCUT2D eigenvalue weighted by Gasteiger charge is -2.53. The maximum absolute atomic E-state index is 5.76. The molecule has 6 nitrogen and oxygen atoms in total. The Balaban J connectivity index is 1.39. The standard InChI is InChI=1S/C16H18ClN5O/c17-14-18-11-19-15(21-14)20-12-1-3-13(4-2-12)22-9-16(10-22)5-7-23-8-6-16/h1-4,11H,5-10H2,(H,18,19,20,21). The van der Waals surface area contributed by atoms with Gasteiger partial charge in [0.1, 0.15) is 6.33 Å². The molecule has 120 valence electrons. The molecule has 3 heterocycles. The number of hydrogen-bond donors (Lipinski definition) is 1. The molecule has 23 heavy (non-hydrogen) atoms. The van der Waals surface area contributed by atoms with E-state index < -0.39 is 0 Å². The highest BCUT2D eigenvalue weighted by Crippen LogP contribution is 2.42. The molecule has 0 radical (unpaired) electrons. The van der Waals surface area contributed by atoms with E-state index in [1.54, 1.807) is 0 Å². The summed E-state index contributed by atoms with van der Waals surface area (Å²) in [6.07, 6.45) is 3.76. The van der Waals surface area contributed by atoms with Crippen LogP contribution in [0.15, 0.2) is 30.6 Å². The van der Waals surface area contributed by atoms with Gasteiger partial charge < -0.3 is 15.0 Å². The summed E-state index contributed by atoms with van der Waals surface area (Å²) in [6, 6.07) is 8.30. The van der Waals surface area contributed by atoms with E-state index in [2.05, 4.69) is 37.3 Å². The average Bonchev–Trinajstić information content (AvgIpc) is 2.54. The number of hydrogen-bond acceptors (Lipinski definition) is 6. The molecule has 0 unspecified atom stereocenters. The van der Waals surface area contributed by atoms with Gasteiger partial charge in [-0.25, -0.2) is 9.97 Å². The Morgan fingerprint density at radius 3 is 2.52 bits per heavy atom. The Labute approximate surface area is 139 Å². The Morgan fingerprint density at radius 2 is 1.83 bits per heavy atom. The molecule has 2 aliphatic rings. The highest BCUT2D eigenvalue weighted by molar-refractivity contribution is 6.28. The van der Waals surface area contributed by atoms with Gasteiger partial charge in [0.05, 0.1) is 0 Å². The first kappa shape index (κ1) is 14.7. The summed E-state index contributed by atoms with van der Waals surface area (Å²) in [5.41, 5.74) is 2.66. The molecule has 4 rings (SSSR count). The van der Waals surface area contributed by atoms with Crippen LogP contribution in [0, 0.1) is 5.41 Å². The third-order valence-corrected chi connectivity index (χ3v) is 4.82. The van der Waals surface area contributed by atoms with Gasteiger partial charge in [0.25, 0.3) is 0 Å². The Kier molecular flexibility index (Phi) is 3.79. The number of benzene rings is 1. The van der Waals surface area contributed by atoms with Gasteiger partial charge in [-0.15, -0.1) is 0 Å². The third-order valence-electron chi connectivity index (χ3n) is 4.64. The lowest BCUT2D eigenvalue weighted by atomic mass is 9.73. The van der Waals surface area contributed by atoms with E-state index >= 15 is 0 Å². The zero-order chi connectivity index (χ0) is 15.7. The van der Waals surface area contributed by atoms with E-state index in [1.165, 1.54) is 24.9 Å². The lowest BCUT2D eigenvalue weighted by molar-refractivity contribution is -0.000189. The maximum atomic E-state index is 5.76. The number of halogens is 1. The molecule has 0 atom stereocenters. The van der Waals surface area contributed by atoms with Crippen LogP contribution in [0.2, 0.25) is 5.28 Å². The highest BCUT2D eigenvalue weighted by Gasteiger charge is 2.43. The largest absolute Gasteiger partial charge is 0.381 e. The van der Waals surface area contributed by atoms with Crippen LogP contribution in [0.25, 0.3) is 0 Å². The van der Waals surface area contributed by atoms with Gasteiger partial charge in [-0.1, -0.05) is 0 Å². The van der Waals surface area contributed by atoms with E-state index in [-0.39, 0.29) is 5.28 Å². The van der Waals surface area contributed by atoms with E-state index in [4.69, 9.17) is 16.3 Å². The van der Waals surface area contributed by atoms with Crippen molar-refractivity contribution in [2.45, 2.75) is 12.8 Å². The second-order valence-corrected chi connectivity index (χ2v) is 6.56. The van der Waals surface area contributed by atoms with Crippen molar-refractivity contribution in [2.24, 2.45) is 5.41 Å². The minimum Gasteiger partial charge on any atom is -0.381 e. The summed E-state index contributed by atoms with van der Waals surface area (Å²) in [5, 5.41) is 3.30. The van der Waals surface area contributed by atoms with Crippen molar-refractivity contribution in [1.29, 1.82) is 0 Å². The zero-order valence-electron chi connectivity index (χ0n) is 12.7. The van der Waals surface area contributed by atoms with Crippen LogP contribution in [-0.4, -0.2) is 41.3 Å². The average molecular weight is 332 g/mol. The molecular weight excluding hydrogens is 314 g/mol. The number of aromatic nitrogens is 3. The van der Waals surface area contributed by atoms with Crippen molar-refractivity contribution in [3.63, 3.8) is 0 Å². The number of ether oxygens (including phenoxy) is 1. The first-order valence-corrected chi connectivity index (χ1v) is 8.15. The summed E-state index contributed by atoms with van der Waals surface area (Å²) in [7, 11) is 0. The van der Waals surface area contributed by atoms with Gasteiger partial charge in [-0.05, 0) is 48.7 Å². The van der Waals surface area contributed by atoms with Crippen LogP contribution in [0.4, 0.5) is 17.3 Å². The van der Waals surface area contributed by atoms with Gasteiger partial charge in [0, 0.05) is 43.1 Å². The number of nitrogens with one attached hydrogen (secondary N) is 1. The molecule has 2 saturated heterocycles. The van der Waals surface area contributed by atoms with E-state index in [0.717, 1.165) is 32.0 Å². The molecule has 1 aromatic heterocycles. The lowest BCUT2D eigenvalue weighted by Crippen LogP contribution is -2.58. The summed E-state index contributed by atoms with van der Waals surface area (Å²) in [5.74, 6) is 0.447. The van der Waals surface area contributed by atoms with Crippen LogP contribution in [-0.2, 0) is 4.74 Å². The second kappa shape index (κ2) is 5.94. The van der Waals surface area contributed by atoms with E-state index in [9.17, 15) is 0 Å². The molecule has 2 aliphatic heterocycles. The predicted octanol–water partition coefficient (Wildman–Crippen LogP) is 2.89. The fraction of sp³-hybridized carbons (Fsp3) is 0.438. The molecule has 1 N–H and O–H groups in total. The minimum absolute atomic E-state index is 0.182. The summed E-state index contributed by atoms with van der Waals surface area (Å²) in [6.45, 7) is 4.08. The molecule has 1 aromatic carbocycles. The van der Waals surface area contributed by atoms with Crippen molar-refractivity contribution in [3.8, 4) is 0 Å². The fourth-order valence-corrected chi connectivity index (χ4v) is 3.41. The smallest absolute Gasteiger partial charge is 0.231 e. The van der Waals surface area contributed by atoms with Gasteiger partial charge in [0.2, 0.25) is 11.2 Å². The summed E-state index contributed by atoms with van der Waals surface area (Å²) < 4.78 is 5.47. The number of rotatable bonds is 3. The molecule has 0 saturated carbocycles. The highest BCUT2D eigenvalue weighted by atomic mass is 35.5. The van der Waals surface area contributed by atoms with Crippen LogP contribution in [0.1, 0.15) is 12.8 Å². The van der Waals surface area contributed by atoms with Crippen molar-refractivity contribution < 1.29 is 4.74 Å². The van der Waals surface area contributed by atoms with Gasteiger partial charge in [-0.3, -0.25) is 0 Å². The van der Waals surface area contributed by atoms with Gasteiger partial charge >= 0.3 is 0 Å². The van der Waals surface area contributed by atoms with Crippen LogP contribution in [0.3, 0.4) is 0 Å². The summed E-state index contributed by atoms with van der Waals surface area (Å²) >= 11 is 5.76. The molecule has 2 aromatic rings. The van der Waals surface area contributed by atoms with Crippen LogP contribution < -0.4 is 10.2 Å². The zero-order valence-corrected chi connectivity index (χ0v) is 13.5. The molecule has 7 heteroatoms. The molecule has 2 fully saturated rings. The Morgan fingerprint density at radius 1 is 1.09 bits per heavy atom. The SMILES string of the molecule is Clc1ncnc(Nc2ccc(N3CC4(CCOCC4)C3)cc2)n1. The first-order valence-electron chi connectivity index (χ1n) is 7.77. The van der Waals surface area contributed by atoms with Crippen molar-refractivity contribution in [2.75, 3.05) is 36.5 Å². The second-order valence-electron chi connectivity index (χ2n) is 6.22. The quantitative estimate of drug-likeness (QED) is 0.933. The minimum atomic E-state index is 0.182. The third kappa shape index (κ3) is 3.09. The topological polar surface area (TPSA) is 63.2 Å². The first-order chi connectivity index (χ1) is 11.2. The van der Waals surface area contributed by atoms with Crippen LogP contribution in [0.5, 0.6) is 0 Å². The van der Waals surface area contributed by atoms with Crippen molar-refractivity contribution >= 4 is 28.9 Å².